The molecule has 1 rings (SSSR count). The summed E-state index contributed by atoms with van der Waals surface area (Å²) in [5, 5.41) is 10.2. The Kier molecular flexibility index (Phi) is 3.71. The van der Waals surface area contributed by atoms with Gasteiger partial charge in [0.1, 0.15) is 5.75 Å². The summed E-state index contributed by atoms with van der Waals surface area (Å²) in [6.07, 6.45) is 0. The van der Waals surface area contributed by atoms with E-state index in [4.69, 9.17) is 9.94 Å². The van der Waals surface area contributed by atoms with Crippen LogP contribution >= 0.6 is 15.9 Å². The molecule has 0 saturated heterocycles. The molecule has 0 heterocycles. The maximum atomic E-state index is 9.07. The average Bonchev–Trinajstić information content (AvgIpc) is 2.08. The van der Waals surface area contributed by atoms with Crippen molar-refractivity contribution in [2.75, 3.05) is 14.2 Å². The van der Waals surface area contributed by atoms with E-state index in [2.05, 4.69) is 15.9 Å². The molecule has 1 aromatic rings. The van der Waals surface area contributed by atoms with Crippen LogP contribution in [0.15, 0.2) is 22.7 Å². The molecule has 0 radical (unpaired) electrons. The molecule has 13 heavy (non-hydrogen) atoms. The zero-order valence-electron chi connectivity index (χ0n) is 7.62. The molecule has 0 aromatic heterocycles. The molecule has 1 N–H and O–H groups in total. The highest BCUT2D eigenvalue weighted by molar-refractivity contribution is 9.10. The fourth-order valence-corrected chi connectivity index (χ4v) is 1.42. The number of benzene rings is 1. The Morgan fingerprint density at radius 3 is 2.77 bits per heavy atom. The molecule has 0 aliphatic heterocycles. The van der Waals surface area contributed by atoms with Gasteiger partial charge in [-0.3, -0.25) is 0 Å². The van der Waals surface area contributed by atoms with Crippen molar-refractivity contribution in [3.63, 3.8) is 0 Å². The summed E-state index contributed by atoms with van der Waals surface area (Å²) in [6, 6.07) is 5.65. The van der Waals surface area contributed by atoms with Crippen molar-refractivity contribution in [2.24, 2.45) is 0 Å². The van der Waals surface area contributed by atoms with Gasteiger partial charge in [-0.2, -0.15) is 5.06 Å². The summed E-state index contributed by atoms with van der Waals surface area (Å²) in [5.74, 6) is 0.792. The molecule has 0 atom stereocenters. The predicted octanol–water partition coefficient (Wildman–Crippen LogP) is 2.28. The Bertz CT molecular complexity index is 289. The number of rotatable bonds is 3. The first-order valence-corrected chi connectivity index (χ1v) is 4.65. The number of hydrogen-bond donors (Lipinski definition) is 1. The van der Waals surface area contributed by atoms with Crippen molar-refractivity contribution >= 4 is 15.9 Å². The average molecular weight is 246 g/mol. The second-order valence-electron chi connectivity index (χ2n) is 2.77. The zero-order chi connectivity index (χ0) is 9.84. The third kappa shape index (κ3) is 2.99. The van der Waals surface area contributed by atoms with Crippen LogP contribution in [0, 0.1) is 0 Å². The lowest BCUT2D eigenvalue weighted by molar-refractivity contribution is -0.0733. The lowest BCUT2D eigenvalue weighted by Gasteiger charge is -2.10. The molecule has 0 unspecified atom stereocenters. The van der Waals surface area contributed by atoms with Gasteiger partial charge in [-0.15, -0.1) is 0 Å². The minimum Gasteiger partial charge on any atom is -0.497 e. The maximum absolute atomic E-state index is 9.07. The standard InChI is InChI=1S/C9H12BrNO2/c1-11(12)6-7-5-8(13-2)3-4-9(7)10/h3-5,12H,6H2,1-2H3. The summed E-state index contributed by atoms with van der Waals surface area (Å²) in [6.45, 7) is 0.470. The minimum absolute atomic E-state index is 0.470. The van der Waals surface area contributed by atoms with E-state index in [1.807, 2.05) is 18.2 Å². The first-order chi connectivity index (χ1) is 6.13. The molecule has 0 fully saturated rings. The first kappa shape index (κ1) is 10.5. The summed E-state index contributed by atoms with van der Waals surface area (Å²) < 4.78 is 6.04. The number of halogens is 1. The van der Waals surface area contributed by atoms with Crippen LogP contribution in [0.5, 0.6) is 5.75 Å². The van der Waals surface area contributed by atoms with E-state index in [-0.39, 0.29) is 0 Å². The summed E-state index contributed by atoms with van der Waals surface area (Å²) >= 11 is 3.39. The molecule has 0 amide bonds. The van der Waals surface area contributed by atoms with Gasteiger partial charge in [0, 0.05) is 18.1 Å². The van der Waals surface area contributed by atoms with Crippen LogP contribution in [0.1, 0.15) is 5.56 Å². The van der Waals surface area contributed by atoms with Crippen LogP contribution in [0.3, 0.4) is 0 Å². The predicted molar refractivity (Wildman–Crippen MR) is 53.9 cm³/mol. The molecule has 1 aromatic carbocycles. The van der Waals surface area contributed by atoms with Crippen molar-refractivity contribution in [1.29, 1.82) is 0 Å². The quantitative estimate of drug-likeness (QED) is 0.830. The molecule has 0 aliphatic rings. The number of ether oxygens (including phenoxy) is 1. The van der Waals surface area contributed by atoms with Crippen LogP contribution in [-0.2, 0) is 6.54 Å². The van der Waals surface area contributed by atoms with E-state index < -0.39 is 0 Å². The van der Waals surface area contributed by atoms with Crippen molar-refractivity contribution < 1.29 is 9.94 Å². The minimum atomic E-state index is 0.470. The van der Waals surface area contributed by atoms with Gasteiger partial charge in [0.05, 0.1) is 7.11 Å². The molecule has 72 valence electrons. The van der Waals surface area contributed by atoms with Gasteiger partial charge >= 0.3 is 0 Å². The second-order valence-corrected chi connectivity index (χ2v) is 3.63. The van der Waals surface area contributed by atoms with Crippen molar-refractivity contribution in [3.05, 3.63) is 28.2 Å². The lowest BCUT2D eigenvalue weighted by Crippen LogP contribution is -2.12. The third-order valence-electron chi connectivity index (χ3n) is 1.65. The van der Waals surface area contributed by atoms with Crippen LogP contribution in [0.4, 0.5) is 0 Å². The summed E-state index contributed by atoms with van der Waals surface area (Å²) in [7, 11) is 3.22. The van der Waals surface area contributed by atoms with E-state index in [0.717, 1.165) is 20.8 Å². The molecule has 3 nitrogen and oxygen atoms in total. The number of methoxy groups -OCH3 is 1. The fraction of sp³-hybridized carbons (Fsp3) is 0.333. The normalized spacial score (nSPS) is 10.5. The number of hydroxylamine groups is 2. The van der Waals surface area contributed by atoms with Crippen LogP contribution < -0.4 is 4.74 Å². The summed E-state index contributed by atoms with van der Waals surface area (Å²) in [4.78, 5) is 0. The zero-order valence-corrected chi connectivity index (χ0v) is 9.21. The van der Waals surface area contributed by atoms with Gasteiger partial charge in [-0.25, -0.2) is 0 Å². The third-order valence-corrected chi connectivity index (χ3v) is 2.43. The highest BCUT2D eigenvalue weighted by Gasteiger charge is 2.03. The second kappa shape index (κ2) is 4.60. The first-order valence-electron chi connectivity index (χ1n) is 3.86. The van der Waals surface area contributed by atoms with Crippen LogP contribution in [0.2, 0.25) is 0 Å². The number of nitrogens with zero attached hydrogens (tertiary/aromatic N) is 1. The van der Waals surface area contributed by atoms with Gasteiger partial charge in [-0.05, 0) is 23.8 Å². The molecule has 4 heteroatoms. The molecular weight excluding hydrogens is 234 g/mol. The van der Waals surface area contributed by atoms with E-state index in [1.165, 1.54) is 0 Å². The highest BCUT2D eigenvalue weighted by atomic mass is 79.9. The highest BCUT2D eigenvalue weighted by Crippen LogP contribution is 2.22. The Balaban J connectivity index is 2.90. The summed E-state index contributed by atoms with van der Waals surface area (Å²) in [5.41, 5.74) is 0.990. The largest absolute Gasteiger partial charge is 0.497 e. The lowest BCUT2D eigenvalue weighted by atomic mass is 10.2. The van der Waals surface area contributed by atoms with Crippen molar-refractivity contribution in [3.8, 4) is 5.75 Å². The Labute approximate surface area is 86.0 Å². The van der Waals surface area contributed by atoms with E-state index >= 15 is 0 Å². The molecule has 0 spiro atoms. The van der Waals surface area contributed by atoms with Crippen LogP contribution in [-0.4, -0.2) is 24.4 Å². The molecular formula is C9H12BrNO2. The van der Waals surface area contributed by atoms with Crippen LogP contribution in [0.25, 0.3) is 0 Å². The van der Waals surface area contributed by atoms with E-state index in [1.54, 1.807) is 14.2 Å². The molecule has 0 aliphatic carbocycles. The SMILES string of the molecule is COc1ccc(Br)c(CN(C)O)c1. The Morgan fingerprint density at radius 2 is 2.23 bits per heavy atom. The van der Waals surface area contributed by atoms with Gasteiger partial charge in [-0.1, -0.05) is 15.9 Å². The number of hydrogen-bond acceptors (Lipinski definition) is 3. The van der Waals surface area contributed by atoms with Gasteiger partial charge in [0.2, 0.25) is 0 Å². The molecule has 0 saturated carbocycles. The topological polar surface area (TPSA) is 32.7 Å². The van der Waals surface area contributed by atoms with E-state index in [0.29, 0.717) is 6.54 Å². The van der Waals surface area contributed by atoms with Gasteiger partial charge in [0.25, 0.3) is 0 Å². The fourth-order valence-electron chi connectivity index (χ4n) is 1.05. The molecule has 0 bridgehead atoms. The maximum Gasteiger partial charge on any atom is 0.119 e. The Hall–Kier alpha value is -0.580. The van der Waals surface area contributed by atoms with E-state index in [9.17, 15) is 0 Å². The Morgan fingerprint density at radius 1 is 1.54 bits per heavy atom. The monoisotopic (exact) mass is 245 g/mol. The van der Waals surface area contributed by atoms with Gasteiger partial charge in [0.15, 0.2) is 0 Å². The smallest absolute Gasteiger partial charge is 0.119 e. The van der Waals surface area contributed by atoms with Crippen molar-refractivity contribution in [1.82, 2.24) is 5.06 Å². The van der Waals surface area contributed by atoms with Crippen molar-refractivity contribution in [2.45, 2.75) is 6.54 Å². The van der Waals surface area contributed by atoms with Gasteiger partial charge < -0.3 is 9.94 Å².